The molecule has 0 unspecified atom stereocenters. The van der Waals surface area contributed by atoms with Crippen molar-refractivity contribution >= 4 is 11.8 Å². The van der Waals surface area contributed by atoms with E-state index in [1.807, 2.05) is 0 Å². The Hall–Kier alpha value is -2.11. The van der Waals surface area contributed by atoms with Crippen molar-refractivity contribution < 1.29 is 14.3 Å². The molecule has 1 aliphatic carbocycles. The molecule has 0 radical (unpaired) electrons. The van der Waals surface area contributed by atoms with Gasteiger partial charge in [0.05, 0.1) is 23.4 Å². The molecule has 0 bridgehead atoms. The average Bonchev–Trinajstić information content (AvgIpc) is 3.11. The second kappa shape index (κ2) is 4.40. The Morgan fingerprint density at radius 1 is 1.47 bits per heavy atom. The number of rotatable bonds is 4. The van der Waals surface area contributed by atoms with E-state index in [0.29, 0.717) is 0 Å². The van der Waals surface area contributed by atoms with E-state index in [1.54, 1.807) is 0 Å². The van der Waals surface area contributed by atoms with E-state index in [-0.39, 0.29) is 23.0 Å². The van der Waals surface area contributed by atoms with E-state index in [0.717, 1.165) is 12.8 Å². The van der Waals surface area contributed by atoms with Crippen LogP contribution in [0.3, 0.4) is 0 Å². The van der Waals surface area contributed by atoms with E-state index in [4.69, 9.17) is 10.5 Å². The Morgan fingerprint density at radius 3 is 2.71 bits per heavy atom. The van der Waals surface area contributed by atoms with Gasteiger partial charge < -0.3 is 15.8 Å². The first-order valence-corrected chi connectivity index (χ1v) is 5.30. The summed E-state index contributed by atoms with van der Waals surface area (Å²) in [5, 5.41) is 2.43. The summed E-state index contributed by atoms with van der Waals surface area (Å²) in [4.78, 5) is 26.9. The van der Waals surface area contributed by atoms with Crippen LogP contribution in [0.15, 0.2) is 12.4 Å². The molecule has 0 atom stereocenters. The Kier molecular flexibility index (Phi) is 2.95. The van der Waals surface area contributed by atoms with Gasteiger partial charge in [-0.1, -0.05) is 0 Å². The van der Waals surface area contributed by atoms with Gasteiger partial charge in [0.25, 0.3) is 11.8 Å². The summed E-state index contributed by atoms with van der Waals surface area (Å²) >= 11 is 0. The Balaban J connectivity index is 2.43. The molecule has 90 valence electrons. The topological polar surface area (TPSA) is 94.3 Å². The van der Waals surface area contributed by atoms with Gasteiger partial charge in [0.1, 0.15) is 0 Å². The van der Waals surface area contributed by atoms with E-state index in [1.165, 1.54) is 19.4 Å². The first-order chi connectivity index (χ1) is 8.13. The first kappa shape index (κ1) is 11.4. The lowest BCUT2D eigenvalue weighted by Gasteiger charge is -2.11. The summed E-state index contributed by atoms with van der Waals surface area (Å²) in [6.07, 6.45) is 4.71. The molecule has 1 heterocycles. The summed E-state index contributed by atoms with van der Waals surface area (Å²) in [6, 6.07) is 0. The van der Waals surface area contributed by atoms with Gasteiger partial charge >= 0.3 is 0 Å². The molecule has 0 aliphatic heterocycles. The lowest BCUT2D eigenvalue weighted by Crippen LogP contribution is -2.24. The third kappa shape index (κ3) is 2.35. The molecular formula is C11H13N3O3. The highest BCUT2D eigenvalue weighted by molar-refractivity contribution is 6.08. The number of pyridine rings is 1. The van der Waals surface area contributed by atoms with Crippen molar-refractivity contribution in [1.29, 1.82) is 0 Å². The fraction of sp³-hybridized carbons (Fsp3) is 0.364. The summed E-state index contributed by atoms with van der Waals surface area (Å²) < 4.78 is 5.51. The van der Waals surface area contributed by atoms with Crippen molar-refractivity contribution in [2.24, 2.45) is 5.73 Å². The Morgan fingerprint density at radius 2 is 2.18 bits per heavy atom. The third-order valence-electron chi connectivity index (χ3n) is 2.45. The molecule has 6 nitrogen and oxygen atoms in total. The van der Waals surface area contributed by atoms with Gasteiger partial charge in [-0.3, -0.25) is 14.6 Å². The van der Waals surface area contributed by atoms with Crippen LogP contribution < -0.4 is 15.8 Å². The molecule has 2 rings (SSSR count). The number of amides is 2. The van der Waals surface area contributed by atoms with Gasteiger partial charge in [0.15, 0.2) is 5.75 Å². The zero-order valence-corrected chi connectivity index (χ0v) is 9.40. The fourth-order valence-electron chi connectivity index (χ4n) is 1.46. The van der Waals surface area contributed by atoms with E-state index in [2.05, 4.69) is 10.3 Å². The van der Waals surface area contributed by atoms with Crippen LogP contribution in [-0.4, -0.2) is 29.9 Å². The number of hydrogen-bond donors (Lipinski definition) is 2. The van der Waals surface area contributed by atoms with Crippen LogP contribution >= 0.6 is 0 Å². The van der Waals surface area contributed by atoms with Gasteiger partial charge in [-0.15, -0.1) is 0 Å². The molecule has 1 aromatic rings. The van der Waals surface area contributed by atoms with Crippen molar-refractivity contribution in [2.45, 2.75) is 18.9 Å². The van der Waals surface area contributed by atoms with E-state index < -0.39 is 11.8 Å². The molecule has 0 saturated heterocycles. The van der Waals surface area contributed by atoms with Gasteiger partial charge in [-0.2, -0.15) is 0 Å². The zero-order valence-electron chi connectivity index (χ0n) is 9.40. The lowest BCUT2D eigenvalue weighted by molar-refractivity contribution is 0.0940. The fourth-order valence-corrected chi connectivity index (χ4v) is 1.46. The van der Waals surface area contributed by atoms with Crippen LogP contribution in [0.5, 0.6) is 5.75 Å². The van der Waals surface area contributed by atoms with Crippen molar-refractivity contribution in [2.75, 3.05) is 7.05 Å². The number of ether oxygens (including phenoxy) is 1. The van der Waals surface area contributed by atoms with Crippen LogP contribution in [-0.2, 0) is 0 Å². The first-order valence-electron chi connectivity index (χ1n) is 5.30. The smallest absolute Gasteiger partial charge is 0.253 e. The summed E-state index contributed by atoms with van der Waals surface area (Å²) in [5.74, 6) is -0.824. The molecule has 1 fully saturated rings. The van der Waals surface area contributed by atoms with Crippen molar-refractivity contribution in [1.82, 2.24) is 10.3 Å². The number of carbonyl (C=O) groups is 2. The van der Waals surface area contributed by atoms with Crippen LogP contribution in [0.2, 0.25) is 0 Å². The number of nitrogens with one attached hydrogen (secondary N) is 1. The quantitative estimate of drug-likeness (QED) is 0.772. The SMILES string of the molecule is CNC(=O)c1cncc(OC2CC2)c1C(N)=O. The summed E-state index contributed by atoms with van der Waals surface area (Å²) in [7, 11) is 1.47. The maximum absolute atomic E-state index is 11.6. The molecule has 1 saturated carbocycles. The molecule has 0 spiro atoms. The highest BCUT2D eigenvalue weighted by Gasteiger charge is 2.27. The predicted molar refractivity (Wildman–Crippen MR) is 59.8 cm³/mol. The number of aromatic nitrogens is 1. The van der Waals surface area contributed by atoms with Crippen LogP contribution in [0.1, 0.15) is 33.6 Å². The largest absolute Gasteiger partial charge is 0.488 e. The molecular weight excluding hydrogens is 222 g/mol. The maximum atomic E-state index is 11.6. The molecule has 1 aliphatic rings. The number of primary amides is 1. The minimum absolute atomic E-state index is 0.0891. The van der Waals surface area contributed by atoms with Crippen molar-refractivity contribution in [3.05, 3.63) is 23.5 Å². The number of nitrogens with zero attached hydrogens (tertiary/aromatic N) is 1. The van der Waals surface area contributed by atoms with Crippen LogP contribution in [0, 0.1) is 0 Å². The van der Waals surface area contributed by atoms with Crippen LogP contribution in [0.25, 0.3) is 0 Å². The van der Waals surface area contributed by atoms with Gasteiger partial charge in [0, 0.05) is 13.2 Å². The van der Waals surface area contributed by atoms with E-state index >= 15 is 0 Å². The minimum Gasteiger partial charge on any atom is -0.488 e. The molecule has 3 N–H and O–H groups in total. The second-order valence-corrected chi connectivity index (χ2v) is 3.82. The predicted octanol–water partition coefficient (Wildman–Crippen LogP) is 0.0813. The zero-order chi connectivity index (χ0) is 12.4. The Labute approximate surface area is 98.2 Å². The highest BCUT2D eigenvalue weighted by atomic mass is 16.5. The van der Waals surface area contributed by atoms with Gasteiger partial charge in [-0.25, -0.2) is 0 Å². The Bertz CT molecular complexity index is 469. The summed E-state index contributed by atoms with van der Waals surface area (Å²) in [6.45, 7) is 0. The van der Waals surface area contributed by atoms with Crippen molar-refractivity contribution in [3.8, 4) is 5.75 Å². The second-order valence-electron chi connectivity index (χ2n) is 3.82. The normalized spacial score (nSPS) is 14.2. The van der Waals surface area contributed by atoms with Crippen molar-refractivity contribution in [3.63, 3.8) is 0 Å². The number of carbonyl (C=O) groups excluding carboxylic acids is 2. The summed E-state index contributed by atoms with van der Waals surface area (Å²) in [5.41, 5.74) is 5.50. The molecule has 0 aromatic carbocycles. The standard InChI is InChI=1S/C11H13N3O3/c1-13-11(16)7-4-14-5-8(9(7)10(12)15)17-6-2-3-6/h4-6H,2-3H2,1H3,(H2,12,15)(H,13,16). The molecule has 17 heavy (non-hydrogen) atoms. The molecule has 2 amide bonds. The lowest BCUT2D eigenvalue weighted by atomic mass is 10.1. The maximum Gasteiger partial charge on any atom is 0.253 e. The number of hydrogen-bond acceptors (Lipinski definition) is 4. The van der Waals surface area contributed by atoms with Gasteiger partial charge in [-0.05, 0) is 12.8 Å². The van der Waals surface area contributed by atoms with Crippen LogP contribution in [0.4, 0.5) is 0 Å². The molecule has 1 aromatic heterocycles. The number of nitrogens with two attached hydrogens (primary N) is 1. The average molecular weight is 235 g/mol. The minimum atomic E-state index is -0.693. The van der Waals surface area contributed by atoms with E-state index in [9.17, 15) is 9.59 Å². The molecule has 6 heteroatoms. The van der Waals surface area contributed by atoms with Gasteiger partial charge in [0.2, 0.25) is 0 Å². The highest BCUT2D eigenvalue weighted by Crippen LogP contribution is 2.29. The monoisotopic (exact) mass is 235 g/mol. The third-order valence-corrected chi connectivity index (χ3v) is 2.45.